The first kappa shape index (κ1) is 14.1. The lowest BCUT2D eigenvalue weighted by molar-refractivity contribution is 0.0472. The summed E-state index contributed by atoms with van der Waals surface area (Å²) in [6, 6.07) is 9.89. The molecule has 0 radical (unpaired) electrons. The van der Waals surface area contributed by atoms with Crippen molar-refractivity contribution in [2.75, 3.05) is 6.61 Å². The minimum Gasteiger partial charge on any atom is -0.461 e. The van der Waals surface area contributed by atoms with Crippen molar-refractivity contribution in [1.29, 1.82) is 0 Å². The molecule has 21 heavy (non-hydrogen) atoms. The summed E-state index contributed by atoms with van der Waals surface area (Å²) in [6.45, 7) is 2.48. The Balaban J connectivity index is 1.83. The van der Waals surface area contributed by atoms with Gasteiger partial charge in [-0.2, -0.15) is 0 Å². The zero-order chi connectivity index (χ0) is 14.8. The number of halogens is 1. The molecule has 0 unspecified atom stereocenters. The normalized spacial score (nSPS) is 15.7. The third-order valence-corrected chi connectivity index (χ3v) is 4.07. The number of hydrogen-bond acceptors (Lipinski definition) is 3. The monoisotopic (exact) mass is 304 g/mol. The molecule has 5 heteroatoms. The summed E-state index contributed by atoms with van der Waals surface area (Å²) in [5, 5.41) is 0.193. The molecular formula is C16H17ClN2O2. The maximum Gasteiger partial charge on any atom is 0.358 e. The molecule has 0 spiro atoms. The van der Waals surface area contributed by atoms with Crippen LogP contribution in [0.4, 0.5) is 0 Å². The summed E-state index contributed by atoms with van der Waals surface area (Å²) in [6.07, 6.45) is 3.87. The molecule has 0 amide bonds. The van der Waals surface area contributed by atoms with E-state index in [0.29, 0.717) is 18.2 Å². The van der Waals surface area contributed by atoms with E-state index in [1.165, 1.54) is 0 Å². The maximum atomic E-state index is 12.2. The Morgan fingerprint density at radius 3 is 2.81 bits per heavy atom. The number of nitrogens with zero attached hydrogens (tertiary/aromatic N) is 2. The van der Waals surface area contributed by atoms with Gasteiger partial charge in [0.25, 0.3) is 0 Å². The second-order valence-electron chi connectivity index (χ2n) is 5.42. The maximum absolute atomic E-state index is 12.2. The molecule has 2 aromatic rings. The molecule has 1 aliphatic rings. The van der Waals surface area contributed by atoms with Crippen molar-refractivity contribution in [2.24, 2.45) is 5.92 Å². The average Bonchev–Trinajstić information content (AvgIpc) is 3.26. The van der Waals surface area contributed by atoms with E-state index in [9.17, 15) is 4.79 Å². The summed E-state index contributed by atoms with van der Waals surface area (Å²) in [5.41, 5.74) is 1.41. The van der Waals surface area contributed by atoms with Crippen LogP contribution in [0.25, 0.3) is 0 Å². The van der Waals surface area contributed by atoms with Gasteiger partial charge in [0, 0.05) is 0 Å². The van der Waals surface area contributed by atoms with Gasteiger partial charge in [-0.15, -0.1) is 0 Å². The van der Waals surface area contributed by atoms with E-state index in [0.717, 1.165) is 18.4 Å². The number of carbonyl (C=O) groups is 1. The predicted octanol–water partition coefficient (Wildman–Crippen LogP) is 3.71. The van der Waals surface area contributed by atoms with Crippen molar-refractivity contribution in [2.45, 2.75) is 25.8 Å². The van der Waals surface area contributed by atoms with Gasteiger partial charge in [0.1, 0.15) is 0 Å². The number of rotatable bonds is 5. The molecule has 0 N–H and O–H groups in total. The third kappa shape index (κ3) is 3.10. The lowest BCUT2D eigenvalue weighted by Crippen LogP contribution is -2.16. The highest BCUT2D eigenvalue weighted by atomic mass is 35.5. The van der Waals surface area contributed by atoms with Crippen LogP contribution in [-0.4, -0.2) is 22.1 Å². The molecule has 0 aliphatic heterocycles. The van der Waals surface area contributed by atoms with Gasteiger partial charge in [0.2, 0.25) is 0 Å². The molecule has 4 nitrogen and oxygen atoms in total. The number of aromatic nitrogens is 2. The second kappa shape index (κ2) is 5.90. The van der Waals surface area contributed by atoms with Gasteiger partial charge in [-0.25, -0.2) is 9.78 Å². The lowest BCUT2D eigenvalue weighted by Gasteiger charge is -2.16. The standard InChI is InChI=1S/C16H17ClN2O2/c1-11(13-5-3-2-4-6-13)19-10-18-15(17)14(19)16(20)21-9-12-7-8-12/h2-6,10-12H,7-9H2,1H3/t11-/m1/s1. The lowest BCUT2D eigenvalue weighted by atomic mass is 10.1. The molecule has 3 rings (SSSR count). The van der Waals surface area contributed by atoms with Crippen molar-refractivity contribution < 1.29 is 9.53 Å². The van der Waals surface area contributed by atoms with Gasteiger partial charge in [0.05, 0.1) is 19.0 Å². The van der Waals surface area contributed by atoms with E-state index in [1.54, 1.807) is 10.9 Å². The Bertz CT molecular complexity index is 635. The summed E-state index contributed by atoms with van der Waals surface area (Å²) in [4.78, 5) is 16.3. The SMILES string of the molecule is C[C@H](c1ccccc1)n1cnc(Cl)c1C(=O)OCC1CC1. The summed E-state index contributed by atoms with van der Waals surface area (Å²) in [5.74, 6) is 0.128. The van der Waals surface area contributed by atoms with Crippen LogP contribution in [0.1, 0.15) is 41.9 Å². The Kier molecular flexibility index (Phi) is 3.97. The van der Waals surface area contributed by atoms with Gasteiger partial charge < -0.3 is 9.30 Å². The molecule has 1 heterocycles. The van der Waals surface area contributed by atoms with Crippen molar-refractivity contribution in [1.82, 2.24) is 9.55 Å². The van der Waals surface area contributed by atoms with Crippen LogP contribution in [0, 0.1) is 5.92 Å². The molecule has 0 saturated heterocycles. The topological polar surface area (TPSA) is 44.1 Å². The summed E-state index contributed by atoms with van der Waals surface area (Å²) >= 11 is 6.07. The minimum atomic E-state index is -0.396. The van der Waals surface area contributed by atoms with Gasteiger partial charge in [-0.1, -0.05) is 41.9 Å². The van der Waals surface area contributed by atoms with Crippen molar-refractivity contribution >= 4 is 17.6 Å². The fourth-order valence-electron chi connectivity index (χ4n) is 2.26. The highest BCUT2D eigenvalue weighted by Crippen LogP contribution is 2.30. The zero-order valence-corrected chi connectivity index (χ0v) is 12.6. The summed E-state index contributed by atoms with van der Waals surface area (Å²) in [7, 11) is 0. The predicted molar refractivity (Wildman–Crippen MR) is 80.5 cm³/mol. The number of esters is 1. The molecule has 1 aromatic carbocycles. The molecule has 1 aromatic heterocycles. The highest BCUT2D eigenvalue weighted by molar-refractivity contribution is 6.32. The molecule has 0 bridgehead atoms. The second-order valence-corrected chi connectivity index (χ2v) is 5.78. The fourth-order valence-corrected chi connectivity index (χ4v) is 2.48. The van der Waals surface area contributed by atoms with Crippen LogP contribution in [0.5, 0.6) is 0 Å². The van der Waals surface area contributed by atoms with Gasteiger partial charge in [-0.3, -0.25) is 0 Å². The van der Waals surface area contributed by atoms with Crippen LogP contribution in [-0.2, 0) is 4.74 Å². The molecule has 1 fully saturated rings. The van der Waals surface area contributed by atoms with Gasteiger partial charge >= 0.3 is 5.97 Å². The average molecular weight is 305 g/mol. The number of benzene rings is 1. The van der Waals surface area contributed by atoms with Crippen LogP contribution < -0.4 is 0 Å². The molecular weight excluding hydrogens is 288 g/mol. The van der Waals surface area contributed by atoms with E-state index in [1.807, 2.05) is 37.3 Å². The first-order chi connectivity index (χ1) is 10.2. The Morgan fingerprint density at radius 1 is 1.43 bits per heavy atom. The number of hydrogen-bond donors (Lipinski definition) is 0. The Labute approximate surface area is 128 Å². The largest absolute Gasteiger partial charge is 0.461 e. The minimum absolute atomic E-state index is 0.0327. The Hall–Kier alpha value is -1.81. The van der Waals surface area contributed by atoms with Gasteiger partial charge in [0.15, 0.2) is 10.8 Å². The molecule has 1 atom stereocenters. The van der Waals surface area contributed by atoms with Crippen LogP contribution >= 0.6 is 11.6 Å². The first-order valence-corrected chi connectivity index (χ1v) is 7.49. The van der Waals surface area contributed by atoms with E-state index >= 15 is 0 Å². The molecule has 1 aliphatic carbocycles. The third-order valence-electron chi connectivity index (χ3n) is 3.79. The smallest absolute Gasteiger partial charge is 0.358 e. The number of carbonyl (C=O) groups excluding carboxylic acids is 1. The van der Waals surface area contributed by atoms with E-state index in [4.69, 9.17) is 16.3 Å². The van der Waals surface area contributed by atoms with E-state index in [-0.39, 0.29) is 11.2 Å². The van der Waals surface area contributed by atoms with E-state index in [2.05, 4.69) is 4.98 Å². The van der Waals surface area contributed by atoms with Crippen molar-refractivity contribution in [3.05, 3.63) is 53.1 Å². The van der Waals surface area contributed by atoms with Crippen molar-refractivity contribution in [3.63, 3.8) is 0 Å². The summed E-state index contributed by atoms with van der Waals surface area (Å²) < 4.78 is 7.10. The van der Waals surface area contributed by atoms with Crippen LogP contribution in [0.2, 0.25) is 5.15 Å². The zero-order valence-electron chi connectivity index (χ0n) is 11.8. The van der Waals surface area contributed by atoms with Crippen molar-refractivity contribution in [3.8, 4) is 0 Å². The van der Waals surface area contributed by atoms with Crippen LogP contribution in [0.3, 0.4) is 0 Å². The molecule has 110 valence electrons. The molecule has 1 saturated carbocycles. The first-order valence-electron chi connectivity index (χ1n) is 7.11. The number of ether oxygens (including phenoxy) is 1. The van der Waals surface area contributed by atoms with E-state index < -0.39 is 5.97 Å². The number of imidazole rings is 1. The quantitative estimate of drug-likeness (QED) is 0.791. The highest BCUT2D eigenvalue weighted by Gasteiger charge is 2.27. The van der Waals surface area contributed by atoms with Gasteiger partial charge in [-0.05, 0) is 31.2 Å². The Morgan fingerprint density at radius 2 is 2.14 bits per heavy atom. The fraction of sp³-hybridized carbons (Fsp3) is 0.375. The van der Waals surface area contributed by atoms with Crippen LogP contribution in [0.15, 0.2) is 36.7 Å².